The molecule has 1 aliphatic rings. The SMILES string of the molecule is CC(C)C(=O)Nc1ccc(C(=O)COC(=O)CCN2C(=O)NC(C)(C)C2=O)cc1. The molecule has 0 radical (unpaired) electrons. The number of ketones is 1. The fourth-order valence-corrected chi connectivity index (χ4v) is 2.55. The number of nitrogens with one attached hydrogen (secondary N) is 2. The second-order valence-corrected chi connectivity index (χ2v) is 7.57. The van der Waals surface area contributed by atoms with Gasteiger partial charge < -0.3 is 15.4 Å². The van der Waals surface area contributed by atoms with Gasteiger partial charge in [-0.2, -0.15) is 0 Å². The first-order valence-corrected chi connectivity index (χ1v) is 9.25. The third-order valence-electron chi connectivity index (χ3n) is 4.35. The molecule has 9 nitrogen and oxygen atoms in total. The van der Waals surface area contributed by atoms with Gasteiger partial charge in [0.1, 0.15) is 5.54 Å². The van der Waals surface area contributed by atoms with Crippen LogP contribution in [0.3, 0.4) is 0 Å². The Bertz CT molecular complexity index is 829. The highest BCUT2D eigenvalue weighted by Crippen LogP contribution is 2.17. The summed E-state index contributed by atoms with van der Waals surface area (Å²) in [6, 6.07) is 5.68. The van der Waals surface area contributed by atoms with Gasteiger partial charge in [-0.25, -0.2) is 4.79 Å². The van der Waals surface area contributed by atoms with E-state index in [1.807, 2.05) is 0 Å². The molecule has 0 aromatic heterocycles. The Morgan fingerprint density at radius 3 is 2.28 bits per heavy atom. The van der Waals surface area contributed by atoms with E-state index in [4.69, 9.17) is 4.74 Å². The van der Waals surface area contributed by atoms with E-state index in [0.29, 0.717) is 11.3 Å². The van der Waals surface area contributed by atoms with Crippen molar-refractivity contribution < 1.29 is 28.7 Å². The number of Topliss-reactive ketones (excluding diaryl/α,β-unsaturated/α-hetero) is 1. The molecule has 1 fully saturated rings. The fourth-order valence-electron chi connectivity index (χ4n) is 2.55. The number of amides is 4. The number of rotatable bonds is 8. The van der Waals surface area contributed by atoms with Gasteiger partial charge in [0.05, 0.1) is 6.42 Å². The van der Waals surface area contributed by atoms with Gasteiger partial charge in [-0.3, -0.25) is 24.1 Å². The van der Waals surface area contributed by atoms with E-state index in [1.165, 1.54) is 12.1 Å². The smallest absolute Gasteiger partial charge is 0.325 e. The van der Waals surface area contributed by atoms with E-state index < -0.39 is 35.8 Å². The molecule has 0 bridgehead atoms. The van der Waals surface area contributed by atoms with Crippen LogP contribution in [0.4, 0.5) is 10.5 Å². The van der Waals surface area contributed by atoms with Crippen molar-refractivity contribution in [1.29, 1.82) is 0 Å². The molecule has 0 unspecified atom stereocenters. The van der Waals surface area contributed by atoms with E-state index >= 15 is 0 Å². The molecule has 0 aliphatic carbocycles. The zero-order valence-electron chi connectivity index (χ0n) is 16.9. The summed E-state index contributed by atoms with van der Waals surface area (Å²) in [6.07, 6.45) is -0.206. The van der Waals surface area contributed by atoms with Crippen molar-refractivity contribution in [3.05, 3.63) is 29.8 Å². The highest BCUT2D eigenvalue weighted by atomic mass is 16.5. The monoisotopic (exact) mass is 403 g/mol. The van der Waals surface area contributed by atoms with Crippen LogP contribution in [0.5, 0.6) is 0 Å². The molecule has 0 spiro atoms. The minimum absolute atomic E-state index is 0.120. The highest BCUT2D eigenvalue weighted by Gasteiger charge is 2.44. The van der Waals surface area contributed by atoms with Crippen molar-refractivity contribution in [2.24, 2.45) is 5.92 Å². The Morgan fingerprint density at radius 1 is 1.14 bits per heavy atom. The Kier molecular flexibility index (Phi) is 6.73. The van der Waals surface area contributed by atoms with Gasteiger partial charge in [-0.1, -0.05) is 13.8 Å². The third-order valence-corrected chi connectivity index (χ3v) is 4.35. The van der Waals surface area contributed by atoms with Crippen LogP contribution in [0.2, 0.25) is 0 Å². The molecule has 29 heavy (non-hydrogen) atoms. The van der Waals surface area contributed by atoms with Crippen molar-refractivity contribution in [2.45, 2.75) is 39.7 Å². The van der Waals surface area contributed by atoms with Crippen LogP contribution in [0, 0.1) is 5.92 Å². The van der Waals surface area contributed by atoms with Gasteiger partial charge in [0.25, 0.3) is 5.91 Å². The normalized spacial score (nSPS) is 15.3. The first kappa shape index (κ1) is 22.1. The molecule has 2 N–H and O–H groups in total. The van der Waals surface area contributed by atoms with Crippen LogP contribution in [-0.4, -0.2) is 53.2 Å². The number of carbonyl (C=O) groups is 5. The van der Waals surface area contributed by atoms with Gasteiger partial charge in [-0.05, 0) is 38.1 Å². The maximum atomic E-state index is 12.1. The minimum atomic E-state index is -1.00. The number of carbonyl (C=O) groups excluding carboxylic acids is 5. The van der Waals surface area contributed by atoms with Crippen LogP contribution in [0.1, 0.15) is 44.5 Å². The quantitative estimate of drug-likeness (QED) is 0.387. The zero-order valence-corrected chi connectivity index (χ0v) is 16.9. The fraction of sp³-hybridized carbons (Fsp3) is 0.450. The lowest BCUT2D eigenvalue weighted by atomic mass is 10.1. The summed E-state index contributed by atoms with van der Waals surface area (Å²) in [7, 11) is 0. The number of hydrogen-bond donors (Lipinski definition) is 2. The van der Waals surface area contributed by atoms with E-state index in [1.54, 1.807) is 39.8 Å². The van der Waals surface area contributed by atoms with Gasteiger partial charge >= 0.3 is 12.0 Å². The number of esters is 1. The molecule has 9 heteroatoms. The third kappa shape index (κ3) is 5.63. The molecular formula is C20H25N3O6. The molecular weight excluding hydrogens is 378 g/mol. The van der Waals surface area contributed by atoms with E-state index in [9.17, 15) is 24.0 Å². The average molecular weight is 403 g/mol. The average Bonchev–Trinajstić information content (AvgIpc) is 2.85. The number of anilines is 1. The van der Waals surface area contributed by atoms with Gasteiger partial charge in [0.15, 0.2) is 12.4 Å². The number of hydrogen-bond acceptors (Lipinski definition) is 6. The van der Waals surface area contributed by atoms with Gasteiger partial charge in [-0.15, -0.1) is 0 Å². The number of imide groups is 1. The maximum Gasteiger partial charge on any atom is 0.325 e. The summed E-state index contributed by atoms with van der Waals surface area (Å²) in [4.78, 5) is 60.4. The first-order chi connectivity index (χ1) is 13.5. The van der Waals surface area contributed by atoms with Gasteiger partial charge in [0.2, 0.25) is 5.91 Å². The lowest BCUT2D eigenvalue weighted by Gasteiger charge is -2.15. The van der Waals surface area contributed by atoms with Crippen molar-refractivity contribution in [3.63, 3.8) is 0 Å². The molecule has 2 rings (SSSR count). The molecule has 1 aliphatic heterocycles. The summed E-state index contributed by atoms with van der Waals surface area (Å²) in [5, 5.41) is 5.23. The van der Waals surface area contributed by atoms with Crippen LogP contribution in [-0.2, 0) is 19.1 Å². The van der Waals surface area contributed by atoms with Crippen molar-refractivity contribution >= 4 is 35.3 Å². The molecule has 156 valence electrons. The molecule has 1 aromatic rings. The minimum Gasteiger partial charge on any atom is -0.457 e. The maximum absolute atomic E-state index is 12.1. The van der Waals surface area contributed by atoms with Crippen molar-refractivity contribution in [1.82, 2.24) is 10.2 Å². The summed E-state index contributed by atoms with van der Waals surface area (Å²) in [6.45, 7) is 6.12. The number of benzene rings is 1. The largest absolute Gasteiger partial charge is 0.457 e. The molecule has 1 saturated heterocycles. The second kappa shape index (κ2) is 8.85. The molecule has 0 atom stereocenters. The first-order valence-electron chi connectivity index (χ1n) is 9.25. The summed E-state index contributed by atoms with van der Waals surface area (Å²) < 4.78 is 4.94. The summed E-state index contributed by atoms with van der Waals surface area (Å²) >= 11 is 0. The lowest BCUT2D eigenvalue weighted by molar-refractivity contribution is -0.143. The van der Waals surface area contributed by atoms with Crippen LogP contribution < -0.4 is 10.6 Å². The number of ether oxygens (including phenoxy) is 1. The Morgan fingerprint density at radius 2 is 1.76 bits per heavy atom. The zero-order chi connectivity index (χ0) is 21.8. The number of nitrogens with zero attached hydrogens (tertiary/aromatic N) is 1. The Labute approximate surface area is 168 Å². The van der Waals surface area contributed by atoms with Crippen molar-refractivity contribution in [2.75, 3.05) is 18.5 Å². The molecule has 1 aromatic carbocycles. The molecule has 0 saturated carbocycles. The summed E-state index contributed by atoms with van der Waals surface area (Å²) in [5.74, 6) is -1.81. The van der Waals surface area contributed by atoms with Crippen LogP contribution in [0.25, 0.3) is 0 Å². The standard InChI is InChI=1S/C20H25N3O6/c1-12(2)17(26)21-14-7-5-13(6-8-14)15(24)11-29-16(25)9-10-23-18(27)20(3,4)22-19(23)28/h5-8,12H,9-11H2,1-4H3,(H,21,26)(H,22,28). The topological polar surface area (TPSA) is 122 Å². The van der Waals surface area contributed by atoms with Crippen molar-refractivity contribution in [3.8, 4) is 0 Å². The van der Waals surface area contributed by atoms with E-state index in [0.717, 1.165) is 4.90 Å². The Hall–Kier alpha value is -3.23. The summed E-state index contributed by atoms with van der Waals surface area (Å²) in [5.41, 5.74) is -0.109. The lowest BCUT2D eigenvalue weighted by Crippen LogP contribution is -2.40. The Balaban J connectivity index is 1.80. The second-order valence-electron chi connectivity index (χ2n) is 7.57. The van der Waals surface area contributed by atoms with Gasteiger partial charge in [0, 0.05) is 23.7 Å². The highest BCUT2D eigenvalue weighted by molar-refractivity contribution is 6.06. The molecule has 4 amide bonds. The van der Waals surface area contributed by atoms with Crippen LogP contribution >= 0.6 is 0 Å². The van der Waals surface area contributed by atoms with E-state index in [-0.39, 0.29) is 24.8 Å². The number of urea groups is 1. The molecule has 1 heterocycles. The van der Waals surface area contributed by atoms with Crippen LogP contribution in [0.15, 0.2) is 24.3 Å². The predicted molar refractivity (Wildman–Crippen MR) is 104 cm³/mol. The predicted octanol–water partition coefficient (Wildman–Crippen LogP) is 1.73. The van der Waals surface area contributed by atoms with E-state index in [2.05, 4.69) is 10.6 Å².